The minimum atomic E-state index is 0.374. The monoisotopic (exact) mass is 243 g/mol. The summed E-state index contributed by atoms with van der Waals surface area (Å²) < 4.78 is 0. The van der Waals surface area contributed by atoms with E-state index in [-0.39, 0.29) is 0 Å². The molecule has 0 saturated heterocycles. The molecule has 0 unspecified atom stereocenters. The molecule has 1 aliphatic rings. The van der Waals surface area contributed by atoms with Crippen LogP contribution in [-0.4, -0.2) is 26.7 Å². The summed E-state index contributed by atoms with van der Waals surface area (Å²) in [4.78, 5) is 0. The van der Waals surface area contributed by atoms with Crippen molar-refractivity contribution in [2.75, 3.05) is 0 Å². The summed E-state index contributed by atoms with van der Waals surface area (Å²) in [5.74, 6) is 1.25. The third-order valence-corrected chi connectivity index (χ3v) is 3.76. The molecule has 1 aromatic heterocycles. The van der Waals surface area contributed by atoms with Crippen LogP contribution in [0.2, 0.25) is 0 Å². The molecular formula is C13H17N5. The summed E-state index contributed by atoms with van der Waals surface area (Å²) in [5, 5.41) is 14.3. The van der Waals surface area contributed by atoms with Crippen molar-refractivity contribution in [1.82, 2.24) is 20.6 Å². The van der Waals surface area contributed by atoms with E-state index in [9.17, 15) is 0 Å². The molecule has 3 N–H and O–H groups in total. The number of tetrazole rings is 1. The zero-order valence-corrected chi connectivity index (χ0v) is 10.2. The summed E-state index contributed by atoms with van der Waals surface area (Å²) in [6, 6.07) is 8.71. The normalized spacial score (nSPS) is 24.1. The molecule has 0 aliphatic heterocycles. The van der Waals surface area contributed by atoms with Gasteiger partial charge < -0.3 is 5.73 Å². The van der Waals surface area contributed by atoms with Gasteiger partial charge in [-0.3, -0.25) is 0 Å². The molecule has 5 heteroatoms. The van der Waals surface area contributed by atoms with Crippen molar-refractivity contribution in [3.8, 4) is 11.4 Å². The number of aromatic amines is 1. The minimum Gasteiger partial charge on any atom is -0.328 e. The van der Waals surface area contributed by atoms with E-state index in [0.29, 0.717) is 17.8 Å². The molecule has 3 rings (SSSR count). The second-order valence-corrected chi connectivity index (χ2v) is 4.93. The lowest BCUT2D eigenvalue weighted by Crippen LogP contribution is -2.25. The Labute approximate surface area is 106 Å². The van der Waals surface area contributed by atoms with Crippen molar-refractivity contribution in [3.05, 3.63) is 29.8 Å². The highest BCUT2D eigenvalue weighted by Gasteiger charge is 2.23. The first-order chi connectivity index (χ1) is 8.84. The van der Waals surface area contributed by atoms with Gasteiger partial charge in [0.1, 0.15) is 0 Å². The summed E-state index contributed by atoms with van der Waals surface area (Å²) in [5.41, 5.74) is 8.38. The van der Waals surface area contributed by atoms with Gasteiger partial charge in [0, 0.05) is 11.6 Å². The van der Waals surface area contributed by atoms with Crippen molar-refractivity contribution in [3.63, 3.8) is 0 Å². The highest BCUT2D eigenvalue weighted by atomic mass is 15.5. The average molecular weight is 243 g/mol. The van der Waals surface area contributed by atoms with Crippen LogP contribution in [0.1, 0.15) is 37.2 Å². The van der Waals surface area contributed by atoms with Crippen LogP contribution in [-0.2, 0) is 0 Å². The van der Waals surface area contributed by atoms with Crippen molar-refractivity contribution < 1.29 is 0 Å². The van der Waals surface area contributed by atoms with Gasteiger partial charge in [-0.05, 0) is 42.4 Å². The second-order valence-electron chi connectivity index (χ2n) is 4.93. The van der Waals surface area contributed by atoms with Gasteiger partial charge in [0.25, 0.3) is 0 Å². The van der Waals surface area contributed by atoms with Gasteiger partial charge in [-0.25, -0.2) is 0 Å². The van der Waals surface area contributed by atoms with Crippen LogP contribution in [0.5, 0.6) is 0 Å². The number of hydrogen-bond acceptors (Lipinski definition) is 4. The molecule has 1 fully saturated rings. The summed E-state index contributed by atoms with van der Waals surface area (Å²) in [7, 11) is 0. The Bertz CT molecular complexity index is 500. The van der Waals surface area contributed by atoms with Gasteiger partial charge in [-0.1, -0.05) is 24.3 Å². The molecule has 1 aliphatic carbocycles. The van der Waals surface area contributed by atoms with E-state index < -0.39 is 0 Å². The van der Waals surface area contributed by atoms with Crippen LogP contribution in [0, 0.1) is 0 Å². The smallest absolute Gasteiger partial charge is 0.204 e. The van der Waals surface area contributed by atoms with Gasteiger partial charge in [-0.2, -0.15) is 5.21 Å². The number of nitrogens with two attached hydrogens (primary N) is 1. The van der Waals surface area contributed by atoms with Gasteiger partial charge in [0.2, 0.25) is 5.82 Å². The quantitative estimate of drug-likeness (QED) is 0.843. The van der Waals surface area contributed by atoms with Gasteiger partial charge in [0.15, 0.2) is 0 Å². The van der Waals surface area contributed by atoms with Crippen LogP contribution in [0.25, 0.3) is 11.4 Å². The van der Waals surface area contributed by atoms with Crippen LogP contribution in [0.4, 0.5) is 0 Å². The molecule has 0 atom stereocenters. The van der Waals surface area contributed by atoms with Gasteiger partial charge in [-0.15, -0.1) is 10.2 Å². The van der Waals surface area contributed by atoms with Crippen LogP contribution in [0.3, 0.4) is 0 Å². The molecule has 0 bridgehead atoms. The van der Waals surface area contributed by atoms with E-state index in [1.807, 2.05) is 6.07 Å². The Morgan fingerprint density at radius 1 is 1.11 bits per heavy atom. The van der Waals surface area contributed by atoms with E-state index >= 15 is 0 Å². The number of rotatable bonds is 2. The highest BCUT2D eigenvalue weighted by molar-refractivity contribution is 5.60. The van der Waals surface area contributed by atoms with Crippen LogP contribution < -0.4 is 5.73 Å². The molecule has 5 nitrogen and oxygen atoms in total. The first-order valence-electron chi connectivity index (χ1n) is 6.43. The lowest BCUT2D eigenvalue weighted by Gasteiger charge is -2.27. The summed E-state index contributed by atoms with van der Waals surface area (Å²) >= 11 is 0. The van der Waals surface area contributed by atoms with E-state index in [1.165, 1.54) is 5.56 Å². The lowest BCUT2D eigenvalue weighted by atomic mass is 9.80. The SMILES string of the molecule is NC1CCC(c2ccccc2-c2nn[nH]n2)CC1. The Balaban J connectivity index is 1.92. The van der Waals surface area contributed by atoms with Crippen molar-refractivity contribution in [2.24, 2.45) is 5.73 Å². The lowest BCUT2D eigenvalue weighted by molar-refractivity contribution is 0.396. The summed E-state index contributed by atoms with van der Waals surface area (Å²) in [6.45, 7) is 0. The Morgan fingerprint density at radius 3 is 2.61 bits per heavy atom. The van der Waals surface area contributed by atoms with Crippen molar-refractivity contribution in [1.29, 1.82) is 0 Å². The maximum Gasteiger partial charge on any atom is 0.204 e. The second kappa shape index (κ2) is 4.86. The molecule has 1 heterocycles. The molecule has 94 valence electrons. The zero-order valence-electron chi connectivity index (χ0n) is 10.2. The number of nitrogens with one attached hydrogen (secondary N) is 1. The largest absolute Gasteiger partial charge is 0.328 e. The fraction of sp³-hybridized carbons (Fsp3) is 0.462. The molecule has 1 aromatic carbocycles. The topological polar surface area (TPSA) is 80.5 Å². The fourth-order valence-corrected chi connectivity index (χ4v) is 2.76. The standard InChI is InChI=1S/C13H17N5/c14-10-7-5-9(6-8-10)11-3-1-2-4-12(11)13-15-17-18-16-13/h1-4,9-10H,5-8,14H2,(H,15,16,17,18). The molecule has 2 aromatic rings. The Morgan fingerprint density at radius 2 is 1.89 bits per heavy atom. The number of nitrogens with zero attached hydrogens (tertiary/aromatic N) is 3. The first-order valence-corrected chi connectivity index (χ1v) is 6.43. The van der Waals surface area contributed by atoms with E-state index in [2.05, 4.69) is 38.8 Å². The average Bonchev–Trinajstić information content (AvgIpc) is 2.93. The fourth-order valence-electron chi connectivity index (χ4n) is 2.76. The predicted octanol–water partition coefficient (Wildman–Crippen LogP) is 1.85. The Hall–Kier alpha value is -1.75. The highest BCUT2D eigenvalue weighted by Crippen LogP contribution is 2.36. The molecule has 18 heavy (non-hydrogen) atoms. The molecule has 1 saturated carbocycles. The number of hydrogen-bond donors (Lipinski definition) is 2. The van der Waals surface area contributed by atoms with E-state index in [0.717, 1.165) is 31.2 Å². The number of H-pyrrole nitrogens is 1. The zero-order chi connectivity index (χ0) is 12.4. The van der Waals surface area contributed by atoms with Crippen molar-refractivity contribution >= 4 is 0 Å². The Kier molecular flexibility index (Phi) is 3.06. The maximum absolute atomic E-state index is 5.97. The van der Waals surface area contributed by atoms with Crippen molar-refractivity contribution in [2.45, 2.75) is 37.6 Å². The van der Waals surface area contributed by atoms with Crippen LogP contribution >= 0.6 is 0 Å². The molecule has 0 radical (unpaired) electrons. The predicted molar refractivity (Wildman–Crippen MR) is 68.8 cm³/mol. The maximum atomic E-state index is 5.97. The van der Waals surface area contributed by atoms with Crippen LogP contribution in [0.15, 0.2) is 24.3 Å². The molecule has 0 amide bonds. The first kappa shape index (κ1) is 11.3. The van der Waals surface area contributed by atoms with E-state index in [1.54, 1.807) is 0 Å². The third kappa shape index (κ3) is 2.13. The summed E-state index contributed by atoms with van der Waals surface area (Å²) in [6.07, 6.45) is 4.50. The van der Waals surface area contributed by atoms with Gasteiger partial charge in [0.05, 0.1) is 0 Å². The van der Waals surface area contributed by atoms with E-state index in [4.69, 9.17) is 5.73 Å². The third-order valence-electron chi connectivity index (χ3n) is 3.76. The molecular weight excluding hydrogens is 226 g/mol. The molecule has 0 spiro atoms. The number of benzene rings is 1. The minimum absolute atomic E-state index is 0.374. The van der Waals surface area contributed by atoms with Gasteiger partial charge >= 0.3 is 0 Å². The number of aromatic nitrogens is 4.